The van der Waals surface area contributed by atoms with E-state index in [1.165, 1.54) is 12.0 Å². The number of methoxy groups -OCH3 is 1. The molecule has 25 heavy (non-hydrogen) atoms. The minimum atomic E-state index is -4.61. The number of halogens is 3. The number of aryl methyl sites for hydroxylation is 1. The van der Waals surface area contributed by atoms with E-state index in [1.807, 2.05) is 0 Å². The number of aromatic nitrogens is 4. The number of hydrogen-bond acceptors (Lipinski definition) is 6. The first-order valence-corrected chi connectivity index (χ1v) is 7.16. The normalized spacial score (nSPS) is 11.8. The number of nitrogens with zero attached hydrogens (tertiary/aromatic N) is 5. The second-order valence-electron chi connectivity index (χ2n) is 5.38. The van der Waals surface area contributed by atoms with Crippen molar-refractivity contribution in [3.8, 4) is 5.75 Å². The molecule has 0 aliphatic rings. The molecule has 2 heterocycles. The molecule has 0 spiro atoms. The highest BCUT2D eigenvalue weighted by Crippen LogP contribution is 2.39. The lowest BCUT2D eigenvalue weighted by Gasteiger charge is -2.21. The third-order valence-corrected chi connectivity index (χ3v) is 3.70. The molecule has 0 atom stereocenters. The van der Waals surface area contributed by atoms with Crippen molar-refractivity contribution in [2.24, 2.45) is 7.05 Å². The number of nitrogens with two attached hydrogens (primary N) is 1. The number of hydrogen-bond donors (Lipinski definition) is 1. The van der Waals surface area contributed by atoms with Crippen LogP contribution in [0, 0.1) is 0 Å². The molecule has 0 bridgehead atoms. The number of anilines is 3. The fourth-order valence-electron chi connectivity index (χ4n) is 2.55. The van der Waals surface area contributed by atoms with Crippen LogP contribution >= 0.6 is 0 Å². The lowest BCUT2D eigenvalue weighted by atomic mass is 10.2. The average Bonchev–Trinajstić information content (AvgIpc) is 2.91. The van der Waals surface area contributed by atoms with Gasteiger partial charge in [-0.05, 0) is 12.1 Å². The van der Waals surface area contributed by atoms with E-state index in [0.29, 0.717) is 23.2 Å². The van der Waals surface area contributed by atoms with Gasteiger partial charge in [0, 0.05) is 31.9 Å². The van der Waals surface area contributed by atoms with Crippen LogP contribution in [0.2, 0.25) is 0 Å². The van der Waals surface area contributed by atoms with E-state index in [2.05, 4.69) is 15.1 Å². The molecule has 0 radical (unpaired) electrons. The summed E-state index contributed by atoms with van der Waals surface area (Å²) in [4.78, 5) is 9.11. The van der Waals surface area contributed by atoms with Crippen LogP contribution in [-0.2, 0) is 13.2 Å². The first-order valence-electron chi connectivity index (χ1n) is 7.16. The van der Waals surface area contributed by atoms with Crippen LogP contribution in [0.5, 0.6) is 5.75 Å². The van der Waals surface area contributed by atoms with Crippen molar-refractivity contribution in [2.45, 2.75) is 6.18 Å². The van der Waals surface area contributed by atoms with Crippen molar-refractivity contribution in [3.63, 3.8) is 0 Å². The second kappa shape index (κ2) is 5.80. The second-order valence-corrected chi connectivity index (χ2v) is 5.38. The quantitative estimate of drug-likeness (QED) is 0.780. The highest BCUT2D eigenvalue weighted by Gasteiger charge is 2.34. The SMILES string of the molecule is COc1ccc2nn(C)cc2c1N(C)c1ncc(C(F)(F)F)c(N)n1. The van der Waals surface area contributed by atoms with Crippen LogP contribution < -0.4 is 15.4 Å². The van der Waals surface area contributed by atoms with Gasteiger partial charge in [0.1, 0.15) is 17.1 Å². The van der Waals surface area contributed by atoms with Gasteiger partial charge in [-0.3, -0.25) is 4.68 Å². The standard InChI is InChI=1S/C15H15F3N6O/c1-23-7-8-10(22-23)4-5-11(25-3)12(8)24(2)14-20-6-9(13(19)21-14)15(16,17)18/h4-7H,1-3H3,(H2,19,20,21). The lowest BCUT2D eigenvalue weighted by molar-refractivity contribution is -0.137. The van der Waals surface area contributed by atoms with Gasteiger partial charge in [0.2, 0.25) is 5.95 Å². The molecule has 2 aromatic heterocycles. The van der Waals surface area contributed by atoms with Gasteiger partial charge in [-0.2, -0.15) is 23.3 Å². The summed E-state index contributed by atoms with van der Waals surface area (Å²) in [6.07, 6.45) is -2.16. The summed E-state index contributed by atoms with van der Waals surface area (Å²) in [6, 6.07) is 3.50. The summed E-state index contributed by atoms with van der Waals surface area (Å²) in [7, 11) is 4.88. The molecule has 3 rings (SSSR count). The summed E-state index contributed by atoms with van der Waals surface area (Å²) in [5.41, 5.74) is 5.67. The summed E-state index contributed by atoms with van der Waals surface area (Å²) >= 11 is 0. The third-order valence-electron chi connectivity index (χ3n) is 3.70. The highest BCUT2D eigenvalue weighted by molar-refractivity contribution is 5.96. The molecule has 0 saturated carbocycles. The Morgan fingerprint density at radius 3 is 2.60 bits per heavy atom. The fourth-order valence-corrected chi connectivity index (χ4v) is 2.55. The summed E-state index contributed by atoms with van der Waals surface area (Å²) in [5, 5.41) is 5.05. The molecule has 0 fully saturated rings. The van der Waals surface area contributed by atoms with Gasteiger partial charge < -0.3 is 15.4 Å². The van der Waals surface area contributed by atoms with Gasteiger partial charge in [0.05, 0.1) is 18.3 Å². The smallest absolute Gasteiger partial charge is 0.421 e. The lowest BCUT2D eigenvalue weighted by Crippen LogP contribution is -2.18. The molecule has 1 aromatic carbocycles. The number of rotatable bonds is 3. The third kappa shape index (κ3) is 2.90. The Kier molecular flexibility index (Phi) is 3.90. The maximum atomic E-state index is 12.8. The van der Waals surface area contributed by atoms with E-state index in [9.17, 15) is 13.2 Å². The zero-order chi connectivity index (χ0) is 18.4. The van der Waals surface area contributed by atoms with E-state index in [-0.39, 0.29) is 5.95 Å². The molecular weight excluding hydrogens is 337 g/mol. The summed E-state index contributed by atoms with van der Waals surface area (Å²) < 4.78 is 45.5. The van der Waals surface area contributed by atoms with Crippen LogP contribution in [0.4, 0.5) is 30.6 Å². The van der Waals surface area contributed by atoms with Crippen molar-refractivity contribution in [3.05, 3.63) is 30.1 Å². The van der Waals surface area contributed by atoms with E-state index in [1.54, 1.807) is 37.1 Å². The van der Waals surface area contributed by atoms with Crippen LogP contribution in [0.3, 0.4) is 0 Å². The maximum Gasteiger partial charge on any atom is 0.421 e. The van der Waals surface area contributed by atoms with Gasteiger partial charge in [0.25, 0.3) is 0 Å². The molecular formula is C15H15F3N6O. The van der Waals surface area contributed by atoms with Crippen LogP contribution in [0.15, 0.2) is 24.5 Å². The van der Waals surface area contributed by atoms with E-state index in [4.69, 9.17) is 10.5 Å². The van der Waals surface area contributed by atoms with Crippen molar-refractivity contribution in [1.82, 2.24) is 19.7 Å². The molecule has 132 valence electrons. The largest absolute Gasteiger partial charge is 0.495 e. The minimum absolute atomic E-state index is 0.0140. The average molecular weight is 352 g/mol. The zero-order valence-corrected chi connectivity index (χ0v) is 13.7. The number of nitrogen functional groups attached to an aromatic ring is 1. The van der Waals surface area contributed by atoms with Crippen molar-refractivity contribution >= 4 is 28.4 Å². The maximum absolute atomic E-state index is 12.8. The van der Waals surface area contributed by atoms with E-state index in [0.717, 1.165) is 5.39 Å². The molecule has 3 aromatic rings. The van der Waals surface area contributed by atoms with Gasteiger partial charge in [-0.15, -0.1) is 0 Å². The summed E-state index contributed by atoms with van der Waals surface area (Å²) in [6.45, 7) is 0. The van der Waals surface area contributed by atoms with Crippen LogP contribution in [0.25, 0.3) is 10.9 Å². The Hall–Kier alpha value is -3.04. The molecule has 0 aliphatic heterocycles. The van der Waals surface area contributed by atoms with Gasteiger partial charge >= 0.3 is 6.18 Å². The number of benzene rings is 1. The van der Waals surface area contributed by atoms with Crippen molar-refractivity contribution in [1.29, 1.82) is 0 Å². The Labute approximate surface area is 140 Å². The molecule has 0 saturated heterocycles. The van der Waals surface area contributed by atoms with E-state index >= 15 is 0 Å². The molecule has 0 unspecified atom stereocenters. The van der Waals surface area contributed by atoms with Gasteiger partial charge in [-0.25, -0.2) is 4.98 Å². The first-order chi connectivity index (χ1) is 11.7. The number of fused-ring (bicyclic) bond motifs is 1. The molecule has 10 heteroatoms. The monoisotopic (exact) mass is 352 g/mol. The Morgan fingerprint density at radius 2 is 2.00 bits per heavy atom. The molecule has 2 N–H and O–H groups in total. The molecule has 0 amide bonds. The Balaban J connectivity index is 2.14. The van der Waals surface area contributed by atoms with Crippen LogP contribution in [-0.4, -0.2) is 33.9 Å². The topological polar surface area (TPSA) is 82.1 Å². The van der Waals surface area contributed by atoms with Crippen molar-refractivity contribution < 1.29 is 17.9 Å². The zero-order valence-electron chi connectivity index (χ0n) is 13.7. The molecule has 7 nitrogen and oxygen atoms in total. The van der Waals surface area contributed by atoms with E-state index < -0.39 is 17.6 Å². The predicted molar refractivity (Wildman–Crippen MR) is 86.8 cm³/mol. The molecule has 0 aliphatic carbocycles. The van der Waals surface area contributed by atoms with Crippen molar-refractivity contribution in [2.75, 3.05) is 24.8 Å². The van der Waals surface area contributed by atoms with Gasteiger partial charge in [-0.1, -0.05) is 0 Å². The highest BCUT2D eigenvalue weighted by atomic mass is 19.4. The van der Waals surface area contributed by atoms with Gasteiger partial charge in [0.15, 0.2) is 0 Å². The van der Waals surface area contributed by atoms with Crippen LogP contribution in [0.1, 0.15) is 5.56 Å². The first kappa shape index (κ1) is 16.8. The predicted octanol–water partition coefficient (Wildman–Crippen LogP) is 2.74. The number of alkyl halides is 3. The summed E-state index contributed by atoms with van der Waals surface area (Å²) in [5.74, 6) is -0.119. The number of ether oxygens (including phenoxy) is 1. The Bertz CT molecular complexity index is 937. The fraction of sp³-hybridized carbons (Fsp3) is 0.267. The Morgan fingerprint density at radius 1 is 1.28 bits per heavy atom. The minimum Gasteiger partial charge on any atom is -0.495 e.